The highest BCUT2D eigenvalue weighted by molar-refractivity contribution is 14.0. The van der Waals surface area contributed by atoms with Crippen LogP contribution in [0, 0.1) is 0 Å². The third kappa shape index (κ3) is 7.55. The molecule has 0 bridgehead atoms. The van der Waals surface area contributed by atoms with Crippen molar-refractivity contribution >= 4 is 35.6 Å². The van der Waals surface area contributed by atoms with Gasteiger partial charge in [-0.3, -0.25) is 4.99 Å². The highest BCUT2D eigenvalue weighted by Gasteiger charge is 2.14. The van der Waals surface area contributed by atoms with Gasteiger partial charge in [0.1, 0.15) is 0 Å². The van der Waals surface area contributed by atoms with Crippen molar-refractivity contribution in [1.29, 1.82) is 0 Å². The van der Waals surface area contributed by atoms with Gasteiger partial charge in [0.15, 0.2) is 17.5 Å². The van der Waals surface area contributed by atoms with Gasteiger partial charge in [-0.15, -0.1) is 24.0 Å². The molecule has 1 aliphatic rings. The largest absolute Gasteiger partial charge is 0.493 e. The second-order valence-electron chi connectivity index (χ2n) is 5.76. The molecule has 1 aromatic carbocycles. The second-order valence-corrected chi connectivity index (χ2v) is 5.76. The SMILES string of the molecule is CN=C(NCCCOCC1CCCO1)Nc1ccc(OC)c(OC)c1.I. The van der Waals surface area contributed by atoms with Gasteiger partial charge in [0.2, 0.25) is 0 Å². The molecule has 148 valence electrons. The number of hydrogen-bond donors (Lipinski definition) is 2. The molecule has 0 spiro atoms. The maximum Gasteiger partial charge on any atom is 0.195 e. The smallest absolute Gasteiger partial charge is 0.195 e. The van der Waals surface area contributed by atoms with Gasteiger partial charge < -0.3 is 29.6 Å². The Morgan fingerprint density at radius 1 is 1.27 bits per heavy atom. The molecule has 26 heavy (non-hydrogen) atoms. The predicted octanol–water partition coefficient (Wildman–Crippen LogP) is 2.89. The number of benzene rings is 1. The topological polar surface area (TPSA) is 73.3 Å². The molecule has 1 atom stereocenters. The molecule has 7 nitrogen and oxygen atoms in total. The van der Waals surface area contributed by atoms with E-state index in [0.717, 1.165) is 38.1 Å². The van der Waals surface area contributed by atoms with E-state index >= 15 is 0 Å². The quantitative estimate of drug-likeness (QED) is 0.246. The van der Waals surface area contributed by atoms with Crippen LogP contribution in [-0.2, 0) is 9.47 Å². The number of nitrogens with zero attached hydrogens (tertiary/aromatic N) is 1. The Bertz CT molecular complexity index is 551. The summed E-state index contributed by atoms with van der Waals surface area (Å²) in [6.45, 7) is 3.05. The maximum atomic E-state index is 5.65. The fourth-order valence-corrected chi connectivity index (χ4v) is 2.60. The zero-order chi connectivity index (χ0) is 17.9. The lowest BCUT2D eigenvalue weighted by molar-refractivity contribution is 0.0168. The first-order chi connectivity index (χ1) is 12.3. The van der Waals surface area contributed by atoms with Crippen LogP contribution in [0.15, 0.2) is 23.2 Å². The fraction of sp³-hybridized carbons (Fsp3) is 0.611. The van der Waals surface area contributed by atoms with E-state index < -0.39 is 0 Å². The molecule has 1 fully saturated rings. The molecule has 0 amide bonds. The van der Waals surface area contributed by atoms with Crippen LogP contribution in [0.25, 0.3) is 0 Å². The summed E-state index contributed by atoms with van der Waals surface area (Å²) in [7, 11) is 4.97. The standard InChI is InChI=1S/C18H29N3O4.HI/c1-19-18(20-9-5-10-24-13-15-6-4-11-25-15)21-14-7-8-16(22-2)17(12-14)23-3;/h7-8,12,15H,4-6,9-11,13H2,1-3H3,(H2,19,20,21);1H. The number of aliphatic imine (C=N–C) groups is 1. The molecule has 1 aliphatic heterocycles. The van der Waals surface area contributed by atoms with Gasteiger partial charge in [-0.25, -0.2) is 0 Å². The van der Waals surface area contributed by atoms with Gasteiger partial charge in [0.05, 0.1) is 26.9 Å². The lowest BCUT2D eigenvalue weighted by Crippen LogP contribution is -2.32. The Labute approximate surface area is 172 Å². The molecule has 1 saturated heterocycles. The highest BCUT2D eigenvalue weighted by Crippen LogP contribution is 2.29. The van der Waals surface area contributed by atoms with E-state index in [1.54, 1.807) is 21.3 Å². The predicted molar refractivity (Wildman–Crippen MR) is 114 cm³/mol. The van der Waals surface area contributed by atoms with Crippen molar-refractivity contribution in [3.63, 3.8) is 0 Å². The van der Waals surface area contributed by atoms with Crippen molar-refractivity contribution in [2.75, 3.05) is 52.9 Å². The summed E-state index contributed by atoms with van der Waals surface area (Å²) in [5.41, 5.74) is 0.875. The second kappa shape index (κ2) is 13.0. The minimum Gasteiger partial charge on any atom is -0.493 e. The molecular formula is C18H30IN3O4. The lowest BCUT2D eigenvalue weighted by Gasteiger charge is -2.14. The normalized spacial score (nSPS) is 16.7. The van der Waals surface area contributed by atoms with Gasteiger partial charge in [0.25, 0.3) is 0 Å². The average Bonchev–Trinajstić information content (AvgIpc) is 3.16. The Kier molecular flexibility index (Phi) is 11.4. The lowest BCUT2D eigenvalue weighted by atomic mass is 10.2. The molecule has 2 N–H and O–H groups in total. The summed E-state index contributed by atoms with van der Waals surface area (Å²) in [6, 6.07) is 5.64. The van der Waals surface area contributed by atoms with Crippen LogP contribution < -0.4 is 20.1 Å². The monoisotopic (exact) mass is 479 g/mol. The van der Waals surface area contributed by atoms with E-state index in [9.17, 15) is 0 Å². The van der Waals surface area contributed by atoms with E-state index in [-0.39, 0.29) is 30.1 Å². The van der Waals surface area contributed by atoms with Crippen molar-refractivity contribution in [3.8, 4) is 11.5 Å². The Hall–Kier alpha value is -1.26. The van der Waals surface area contributed by atoms with E-state index in [1.807, 2.05) is 18.2 Å². The third-order valence-electron chi connectivity index (χ3n) is 3.96. The van der Waals surface area contributed by atoms with Crippen molar-refractivity contribution in [3.05, 3.63) is 18.2 Å². The van der Waals surface area contributed by atoms with Crippen LogP contribution in [0.5, 0.6) is 11.5 Å². The Morgan fingerprint density at radius 3 is 2.73 bits per heavy atom. The molecule has 1 aromatic rings. The Balaban J connectivity index is 0.00000338. The number of ether oxygens (including phenoxy) is 4. The van der Waals surface area contributed by atoms with Gasteiger partial charge in [0, 0.05) is 38.6 Å². The average molecular weight is 479 g/mol. The first kappa shape index (κ1) is 22.8. The summed E-state index contributed by atoms with van der Waals surface area (Å²) >= 11 is 0. The molecule has 2 rings (SSSR count). The van der Waals surface area contributed by atoms with Crippen molar-refractivity contribution in [2.45, 2.75) is 25.4 Å². The zero-order valence-corrected chi connectivity index (χ0v) is 18.1. The Morgan fingerprint density at radius 2 is 2.08 bits per heavy atom. The first-order valence-corrected chi connectivity index (χ1v) is 8.66. The van der Waals surface area contributed by atoms with Crippen LogP contribution in [-0.4, -0.2) is 59.7 Å². The molecular weight excluding hydrogens is 449 g/mol. The number of methoxy groups -OCH3 is 2. The van der Waals surface area contributed by atoms with E-state index in [1.165, 1.54) is 0 Å². The summed E-state index contributed by atoms with van der Waals surface area (Å²) < 4.78 is 21.7. The number of anilines is 1. The first-order valence-electron chi connectivity index (χ1n) is 8.66. The number of hydrogen-bond acceptors (Lipinski definition) is 5. The summed E-state index contributed by atoms with van der Waals surface area (Å²) in [6.07, 6.45) is 3.44. The number of rotatable bonds is 9. The van der Waals surface area contributed by atoms with E-state index in [4.69, 9.17) is 18.9 Å². The minimum atomic E-state index is 0. The molecule has 0 saturated carbocycles. The van der Waals surface area contributed by atoms with Crippen LogP contribution >= 0.6 is 24.0 Å². The molecule has 0 radical (unpaired) electrons. The highest BCUT2D eigenvalue weighted by atomic mass is 127. The molecule has 1 heterocycles. The fourth-order valence-electron chi connectivity index (χ4n) is 2.60. The van der Waals surface area contributed by atoms with Gasteiger partial charge >= 0.3 is 0 Å². The van der Waals surface area contributed by atoms with Crippen LogP contribution in [0.2, 0.25) is 0 Å². The molecule has 1 unspecified atom stereocenters. The summed E-state index contributed by atoms with van der Waals surface area (Å²) in [5, 5.41) is 6.50. The number of halogens is 1. The molecule has 0 aliphatic carbocycles. The summed E-state index contributed by atoms with van der Waals surface area (Å²) in [5.74, 6) is 2.07. The number of guanidine groups is 1. The van der Waals surface area contributed by atoms with Gasteiger partial charge in [-0.1, -0.05) is 0 Å². The number of nitrogens with one attached hydrogen (secondary N) is 2. The summed E-state index contributed by atoms with van der Waals surface area (Å²) in [4.78, 5) is 4.22. The van der Waals surface area contributed by atoms with Crippen LogP contribution in [0.4, 0.5) is 5.69 Å². The maximum absolute atomic E-state index is 5.65. The van der Waals surface area contributed by atoms with Crippen LogP contribution in [0.3, 0.4) is 0 Å². The minimum absolute atomic E-state index is 0. The zero-order valence-electron chi connectivity index (χ0n) is 15.7. The van der Waals surface area contributed by atoms with Crippen molar-refractivity contribution in [2.24, 2.45) is 4.99 Å². The van der Waals surface area contributed by atoms with Gasteiger partial charge in [-0.2, -0.15) is 0 Å². The van der Waals surface area contributed by atoms with E-state index in [2.05, 4.69) is 15.6 Å². The van der Waals surface area contributed by atoms with E-state index in [0.29, 0.717) is 30.7 Å². The third-order valence-corrected chi connectivity index (χ3v) is 3.96. The van der Waals surface area contributed by atoms with Crippen molar-refractivity contribution < 1.29 is 18.9 Å². The molecule has 0 aromatic heterocycles. The van der Waals surface area contributed by atoms with Crippen molar-refractivity contribution in [1.82, 2.24) is 5.32 Å². The molecule has 8 heteroatoms. The van der Waals surface area contributed by atoms with Crippen LogP contribution in [0.1, 0.15) is 19.3 Å². The van der Waals surface area contributed by atoms with Gasteiger partial charge in [-0.05, 0) is 31.4 Å².